The van der Waals surface area contributed by atoms with E-state index >= 15 is 0 Å². The van der Waals surface area contributed by atoms with E-state index in [9.17, 15) is 9.90 Å². The molecular formula is C10H12O4. The Labute approximate surface area is 81.5 Å². The summed E-state index contributed by atoms with van der Waals surface area (Å²) in [7, 11) is 1.27. The van der Waals surface area contributed by atoms with Gasteiger partial charge < -0.3 is 14.3 Å². The largest absolute Gasteiger partial charge is 0.469 e. The van der Waals surface area contributed by atoms with E-state index in [0.717, 1.165) is 12.8 Å². The van der Waals surface area contributed by atoms with Gasteiger partial charge in [-0.2, -0.15) is 0 Å². The summed E-state index contributed by atoms with van der Waals surface area (Å²) >= 11 is 0. The molecule has 1 atom stereocenters. The summed E-state index contributed by atoms with van der Waals surface area (Å²) in [5.74, 6) is 0.0642. The average Bonchev–Trinajstić information content (AvgIpc) is 2.84. The van der Waals surface area contributed by atoms with Gasteiger partial charge in [-0.15, -0.1) is 0 Å². The number of hydrogen-bond donors (Lipinski definition) is 1. The van der Waals surface area contributed by atoms with Gasteiger partial charge >= 0.3 is 5.97 Å². The van der Waals surface area contributed by atoms with E-state index in [4.69, 9.17) is 4.42 Å². The number of carbonyl (C=O) groups excluding carboxylic acids is 1. The molecule has 0 amide bonds. The summed E-state index contributed by atoms with van der Waals surface area (Å²) in [6.45, 7) is 0. The van der Waals surface area contributed by atoms with Crippen LogP contribution in [0.15, 0.2) is 22.8 Å². The van der Waals surface area contributed by atoms with Gasteiger partial charge in [0.1, 0.15) is 5.76 Å². The van der Waals surface area contributed by atoms with Crippen molar-refractivity contribution in [2.45, 2.75) is 24.4 Å². The van der Waals surface area contributed by atoms with Crippen LogP contribution in [0.5, 0.6) is 0 Å². The molecule has 1 fully saturated rings. The molecular weight excluding hydrogens is 184 g/mol. The highest BCUT2D eigenvalue weighted by Crippen LogP contribution is 2.51. The van der Waals surface area contributed by atoms with Gasteiger partial charge in [0.2, 0.25) is 0 Å². The maximum atomic E-state index is 11.2. The Kier molecular flexibility index (Phi) is 2.07. The number of hydrogen-bond acceptors (Lipinski definition) is 4. The third kappa shape index (κ3) is 1.23. The lowest BCUT2D eigenvalue weighted by atomic mass is 9.96. The first-order chi connectivity index (χ1) is 6.70. The number of ether oxygens (including phenoxy) is 1. The minimum Gasteiger partial charge on any atom is -0.469 e. The Hall–Kier alpha value is -1.29. The number of furan rings is 1. The zero-order chi connectivity index (χ0) is 10.2. The molecule has 1 saturated carbocycles. The van der Waals surface area contributed by atoms with Crippen LogP contribution in [0.3, 0.4) is 0 Å². The van der Waals surface area contributed by atoms with Gasteiger partial charge in [-0.05, 0) is 25.0 Å². The molecule has 14 heavy (non-hydrogen) atoms. The number of aliphatic hydroxyl groups excluding tert-OH is 1. The quantitative estimate of drug-likeness (QED) is 0.728. The van der Waals surface area contributed by atoms with Crippen LogP contribution in [0.25, 0.3) is 0 Å². The highest BCUT2D eigenvalue weighted by atomic mass is 16.5. The van der Waals surface area contributed by atoms with Crippen LogP contribution in [0, 0.1) is 0 Å². The number of rotatable bonds is 3. The highest BCUT2D eigenvalue weighted by Gasteiger charge is 2.56. The van der Waals surface area contributed by atoms with Crippen LogP contribution in [0.1, 0.15) is 18.6 Å². The number of esters is 1. The van der Waals surface area contributed by atoms with Gasteiger partial charge in [0.05, 0.1) is 18.8 Å². The second kappa shape index (κ2) is 3.13. The number of aliphatic hydroxyl groups is 1. The molecule has 0 saturated heterocycles. The highest BCUT2D eigenvalue weighted by molar-refractivity contribution is 5.77. The summed E-state index contributed by atoms with van der Waals surface area (Å²) in [6.07, 6.45) is 1.95. The summed E-state index contributed by atoms with van der Waals surface area (Å²) < 4.78 is 9.71. The maximum Gasteiger partial charge on any atom is 0.335 e. The van der Waals surface area contributed by atoms with E-state index in [-0.39, 0.29) is 0 Å². The van der Waals surface area contributed by atoms with Crippen molar-refractivity contribution in [2.24, 2.45) is 0 Å². The molecule has 76 valence electrons. The third-order valence-corrected chi connectivity index (χ3v) is 2.75. The van der Waals surface area contributed by atoms with E-state index in [2.05, 4.69) is 4.74 Å². The van der Waals surface area contributed by atoms with Gasteiger partial charge in [0, 0.05) is 0 Å². The molecule has 0 bridgehead atoms. The molecule has 0 aromatic carbocycles. The van der Waals surface area contributed by atoms with Crippen molar-refractivity contribution in [3.63, 3.8) is 0 Å². The molecule has 1 aromatic heterocycles. The van der Waals surface area contributed by atoms with Gasteiger partial charge in [-0.1, -0.05) is 0 Å². The lowest BCUT2D eigenvalue weighted by molar-refractivity contribution is -0.152. The van der Waals surface area contributed by atoms with Crippen LogP contribution >= 0.6 is 0 Å². The molecule has 1 aliphatic rings. The molecule has 1 heterocycles. The standard InChI is InChI=1S/C10H12O4/c1-13-9(12)8(11)10(4-5-10)7-3-2-6-14-7/h2-3,6,8,11H,4-5H2,1H3. The predicted octanol–water partition coefficient (Wildman–Crippen LogP) is 0.845. The van der Waals surface area contributed by atoms with E-state index in [0.29, 0.717) is 5.76 Å². The minimum atomic E-state index is -1.11. The van der Waals surface area contributed by atoms with Crippen molar-refractivity contribution >= 4 is 5.97 Å². The Morgan fingerprint density at radius 2 is 2.43 bits per heavy atom. The fourth-order valence-electron chi connectivity index (χ4n) is 1.69. The molecule has 1 unspecified atom stereocenters. The van der Waals surface area contributed by atoms with Gasteiger partial charge in [0.25, 0.3) is 0 Å². The first-order valence-corrected chi connectivity index (χ1v) is 4.50. The zero-order valence-electron chi connectivity index (χ0n) is 7.90. The van der Waals surface area contributed by atoms with Crippen LogP contribution in [-0.4, -0.2) is 24.3 Å². The minimum absolute atomic E-state index is 0.531. The fraction of sp³-hybridized carbons (Fsp3) is 0.500. The van der Waals surface area contributed by atoms with Gasteiger partial charge in [-0.25, -0.2) is 4.79 Å². The predicted molar refractivity (Wildman–Crippen MR) is 47.6 cm³/mol. The van der Waals surface area contributed by atoms with E-state index < -0.39 is 17.5 Å². The Morgan fingerprint density at radius 1 is 1.71 bits per heavy atom. The van der Waals surface area contributed by atoms with E-state index in [1.165, 1.54) is 7.11 Å². The summed E-state index contributed by atoms with van der Waals surface area (Å²) in [6, 6.07) is 3.53. The smallest absolute Gasteiger partial charge is 0.335 e. The zero-order valence-corrected chi connectivity index (χ0v) is 7.90. The Balaban J connectivity index is 2.21. The average molecular weight is 196 g/mol. The molecule has 4 heteroatoms. The first kappa shape index (κ1) is 9.27. The molecule has 0 aliphatic heterocycles. The van der Waals surface area contributed by atoms with Crippen molar-refractivity contribution < 1.29 is 19.1 Å². The van der Waals surface area contributed by atoms with E-state index in [1.807, 2.05) is 0 Å². The summed E-state index contributed by atoms with van der Waals surface area (Å²) in [4.78, 5) is 11.2. The monoisotopic (exact) mass is 196 g/mol. The lowest BCUT2D eigenvalue weighted by Gasteiger charge is -2.17. The normalized spacial score (nSPS) is 20.1. The van der Waals surface area contributed by atoms with Crippen LogP contribution in [0.4, 0.5) is 0 Å². The van der Waals surface area contributed by atoms with Gasteiger partial charge in [-0.3, -0.25) is 0 Å². The van der Waals surface area contributed by atoms with Crippen LogP contribution < -0.4 is 0 Å². The van der Waals surface area contributed by atoms with Crippen molar-refractivity contribution in [2.75, 3.05) is 7.11 Å². The lowest BCUT2D eigenvalue weighted by Crippen LogP contribution is -2.34. The molecule has 4 nitrogen and oxygen atoms in total. The van der Waals surface area contributed by atoms with Crippen molar-refractivity contribution in [1.82, 2.24) is 0 Å². The Bertz CT molecular complexity index is 324. The molecule has 2 rings (SSSR count). The van der Waals surface area contributed by atoms with E-state index in [1.54, 1.807) is 18.4 Å². The van der Waals surface area contributed by atoms with Crippen LogP contribution in [-0.2, 0) is 14.9 Å². The molecule has 1 N–H and O–H groups in total. The van der Waals surface area contributed by atoms with Crippen molar-refractivity contribution in [1.29, 1.82) is 0 Å². The number of methoxy groups -OCH3 is 1. The third-order valence-electron chi connectivity index (χ3n) is 2.75. The fourth-order valence-corrected chi connectivity index (χ4v) is 1.69. The Morgan fingerprint density at radius 3 is 2.86 bits per heavy atom. The molecule has 1 aromatic rings. The molecule has 0 spiro atoms. The first-order valence-electron chi connectivity index (χ1n) is 4.50. The van der Waals surface area contributed by atoms with Gasteiger partial charge in [0.15, 0.2) is 6.10 Å². The van der Waals surface area contributed by atoms with Crippen LogP contribution in [0.2, 0.25) is 0 Å². The summed E-state index contributed by atoms with van der Waals surface area (Å²) in [5.41, 5.74) is -0.531. The number of carbonyl (C=O) groups is 1. The maximum absolute atomic E-state index is 11.2. The summed E-state index contributed by atoms with van der Waals surface area (Å²) in [5, 5.41) is 9.75. The molecule has 1 aliphatic carbocycles. The van der Waals surface area contributed by atoms with Crippen molar-refractivity contribution in [3.8, 4) is 0 Å². The van der Waals surface area contributed by atoms with Crippen molar-refractivity contribution in [3.05, 3.63) is 24.2 Å². The molecule has 0 radical (unpaired) electrons. The SMILES string of the molecule is COC(=O)C(O)C1(c2ccco2)CC1. The second-order valence-electron chi connectivity index (χ2n) is 3.56. The topological polar surface area (TPSA) is 59.7 Å². The second-order valence-corrected chi connectivity index (χ2v) is 3.56.